The van der Waals surface area contributed by atoms with Crippen molar-refractivity contribution in [3.63, 3.8) is 0 Å². The van der Waals surface area contributed by atoms with Gasteiger partial charge in [-0.1, -0.05) is 133 Å². The Morgan fingerprint density at radius 2 is 1.39 bits per heavy atom. The molecule has 2 heterocycles. The standard InChI is InChI=1S/C45H44N4O6S/c46-37-14-7-8-15-38(37)48-41(52)17-9-16-40(51)47-27-30-18-24-35(25-19-30)44-53-36(26-39(54-44)32-22-20-31(28-50)21-23-32)29-56-45-49-42(33-10-3-1-4-11-33)43(55-45)34-12-5-2-6-13-34/h1-8,10-15,18-25,36,39,44,50H,9,16-17,26-29,46H2,(H,47,51)(H,48,52)/t36-,39+,44+/m1/s1. The number of hydrogen-bond donors (Lipinski definition) is 4. The lowest BCUT2D eigenvalue weighted by Crippen LogP contribution is -2.31. The van der Waals surface area contributed by atoms with Crippen molar-refractivity contribution in [3.05, 3.63) is 156 Å². The molecule has 0 unspecified atom stereocenters. The van der Waals surface area contributed by atoms with Crippen molar-refractivity contribution in [1.82, 2.24) is 10.3 Å². The Morgan fingerprint density at radius 1 is 0.750 bits per heavy atom. The smallest absolute Gasteiger partial charge is 0.256 e. The number of nitrogen functional groups attached to an aromatic ring is 1. The highest BCUT2D eigenvalue weighted by Gasteiger charge is 2.33. The topological polar surface area (TPSA) is 149 Å². The van der Waals surface area contributed by atoms with E-state index in [1.54, 1.807) is 24.3 Å². The first kappa shape index (κ1) is 38.6. The third kappa shape index (κ3) is 10.1. The zero-order valence-corrected chi connectivity index (χ0v) is 31.6. The molecule has 5 N–H and O–H groups in total. The largest absolute Gasteiger partial charge is 0.431 e. The van der Waals surface area contributed by atoms with Crippen molar-refractivity contribution in [2.75, 3.05) is 16.8 Å². The zero-order chi connectivity index (χ0) is 38.7. The number of aromatic nitrogens is 1. The van der Waals surface area contributed by atoms with E-state index in [0.29, 0.717) is 41.7 Å². The number of benzene rings is 5. The minimum atomic E-state index is -0.637. The third-order valence-electron chi connectivity index (χ3n) is 9.48. The fraction of sp³-hybridized carbons (Fsp3) is 0.222. The van der Waals surface area contributed by atoms with E-state index in [1.807, 2.05) is 109 Å². The number of nitrogens with one attached hydrogen (secondary N) is 2. The first-order valence-electron chi connectivity index (χ1n) is 18.7. The molecule has 3 atom stereocenters. The van der Waals surface area contributed by atoms with Crippen LogP contribution in [-0.2, 0) is 32.2 Å². The highest BCUT2D eigenvalue weighted by Crippen LogP contribution is 2.41. The number of nitrogens with zero attached hydrogens (tertiary/aromatic N) is 1. The monoisotopic (exact) mass is 768 g/mol. The number of aliphatic hydroxyl groups excluding tert-OH is 1. The van der Waals surface area contributed by atoms with Crippen LogP contribution in [0.1, 0.15) is 60.3 Å². The summed E-state index contributed by atoms with van der Waals surface area (Å²) in [5.74, 6) is 0.990. The number of anilines is 2. The van der Waals surface area contributed by atoms with E-state index in [-0.39, 0.29) is 43.5 Å². The number of aliphatic hydroxyl groups is 1. The summed E-state index contributed by atoms with van der Waals surface area (Å²) >= 11 is 1.51. The van der Waals surface area contributed by atoms with Gasteiger partial charge in [0.2, 0.25) is 11.8 Å². The summed E-state index contributed by atoms with van der Waals surface area (Å²) in [4.78, 5) is 29.8. The van der Waals surface area contributed by atoms with Gasteiger partial charge in [0, 0.05) is 48.3 Å². The third-order valence-corrected chi connectivity index (χ3v) is 10.4. The summed E-state index contributed by atoms with van der Waals surface area (Å²) in [6.07, 6.45) is 0.400. The maximum Gasteiger partial charge on any atom is 0.256 e. The molecule has 11 heteroatoms. The highest BCUT2D eigenvalue weighted by molar-refractivity contribution is 7.99. The molecule has 1 aliphatic heterocycles. The zero-order valence-electron chi connectivity index (χ0n) is 30.8. The van der Waals surface area contributed by atoms with E-state index >= 15 is 0 Å². The Labute approximate surface area is 330 Å². The van der Waals surface area contributed by atoms with Gasteiger partial charge < -0.3 is 35.4 Å². The van der Waals surface area contributed by atoms with E-state index in [4.69, 9.17) is 24.6 Å². The summed E-state index contributed by atoms with van der Waals surface area (Å²) < 4.78 is 19.5. The van der Waals surface area contributed by atoms with E-state index in [2.05, 4.69) is 10.6 Å². The molecule has 1 aliphatic rings. The van der Waals surface area contributed by atoms with Crippen molar-refractivity contribution in [2.24, 2.45) is 0 Å². The van der Waals surface area contributed by atoms with Gasteiger partial charge in [0.1, 0.15) is 5.69 Å². The van der Waals surface area contributed by atoms with E-state index in [1.165, 1.54) is 11.8 Å². The number of oxazole rings is 1. The van der Waals surface area contributed by atoms with Crippen LogP contribution in [0.25, 0.3) is 22.6 Å². The number of ether oxygens (including phenoxy) is 2. The molecule has 0 bridgehead atoms. The van der Waals surface area contributed by atoms with Crippen LogP contribution in [0, 0.1) is 0 Å². The number of thioether (sulfide) groups is 1. The van der Waals surface area contributed by atoms with Gasteiger partial charge in [0.15, 0.2) is 12.1 Å². The van der Waals surface area contributed by atoms with E-state index < -0.39 is 6.29 Å². The second-order valence-corrected chi connectivity index (χ2v) is 14.5. The van der Waals surface area contributed by atoms with Crippen molar-refractivity contribution < 1.29 is 28.6 Å². The van der Waals surface area contributed by atoms with Gasteiger partial charge >= 0.3 is 0 Å². The Kier molecular flexibility index (Phi) is 12.9. The molecule has 1 saturated heterocycles. The van der Waals surface area contributed by atoms with Crippen LogP contribution in [-0.4, -0.2) is 33.8 Å². The minimum absolute atomic E-state index is 0.0302. The molecule has 7 rings (SSSR count). The Hall–Kier alpha value is -5.72. The Morgan fingerprint density at radius 3 is 2.11 bits per heavy atom. The quantitative estimate of drug-likeness (QED) is 0.0594. The van der Waals surface area contributed by atoms with Crippen LogP contribution >= 0.6 is 11.8 Å². The second kappa shape index (κ2) is 18.7. The van der Waals surface area contributed by atoms with Gasteiger partial charge in [-0.2, -0.15) is 0 Å². The average molecular weight is 769 g/mol. The number of para-hydroxylation sites is 2. The highest BCUT2D eigenvalue weighted by atomic mass is 32.2. The maximum atomic E-state index is 12.6. The molecule has 0 spiro atoms. The van der Waals surface area contributed by atoms with Crippen molar-refractivity contribution in [2.45, 2.75) is 62.6 Å². The predicted molar refractivity (Wildman–Crippen MR) is 218 cm³/mol. The first-order chi connectivity index (χ1) is 27.4. The normalized spacial score (nSPS) is 16.6. The predicted octanol–water partition coefficient (Wildman–Crippen LogP) is 8.85. The molecule has 0 aliphatic carbocycles. The molecular weight excluding hydrogens is 725 g/mol. The fourth-order valence-electron chi connectivity index (χ4n) is 6.44. The van der Waals surface area contributed by atoms with Gasteiger partial charge in [-0.25, -0.2) is 4.98 Å². The van der Waals surface area contributed by atoms with Crippen LogP contribution < -0.4 is 16.4 Å². The molecule has 0 saturated carbocycles. The van der Waals surface area contributed by atoms with Crippen molar-refractivity contribution >= 4 is 35.0 Å². The van der Waals surface area contributed by atoms with Crippen LogP contribution in [0.4, 0.5) is 11.4 Å². The maximum absolute atomic E-state index is 12.6. The van der Waals surface area contributed by atoms with Crippen LogP contribution in [0.3, 0.4) is 0 Å². The molecule has 6 aromatic rings. The van der Waals surface area contributed by atoms with E-state index in [0.717, 1.165) is 44.8 Å². The first-order valence-corrected chi connectivity index (χ1v) is 19.7. The van der Waals surface area contributed by atoms with Crippen LogP contribution in [0.5, 0.6) is 0 Å². The number of nitrogens with two attached hydrogens (primary N) is 1. The number of rotatable bonds is 15. The molecule has 1 fully saturated rings. The van der Waals surface area contributed by atoms with Gasteiger partial charge in [-0.05, 0) is 35.2 Å². The molecule has 5 aromatic carbocycles. The molecule has 0 radical (unpaired) electrons. The van der Waals surface area contributed by atoms with Gasteiger partial charge in [-0.15, -0.1) is 0 Å². The lowest BCUT2D eigenvalue weighted by molar-refractivity contribution is -0.245. The summed E-state index contributed by atoms with van der Waals surface area (Å²) in [5, 5.41) is 15.9. The summed E-state index contributed by atoms with van der Waals surface area (Å²) in [7, 11) is 0. The fourth-order valence-corrected chi connectivity index (χ4v) is 7.28. The minimum Gasteiger partial charge on any atom is -0.431 e. The van der Waals surface area contributed by atoms with Crippen LogP contribution in [0.2, 0.25) is 0 Å². The Bertz CT molecular complexity index is 2140. The second-order valence-electron chi connectivity index (χ2n) is 13.6. The molecule has 286 valence electrons. The van der Waals surface area contributed by atoms with E-state index in [9.17, 15) is 14.7 Å². The number of carbonyl (C=O) groups is 2. The molecule has 2 amide bonds. The molecule has 1 aromatic heterocycles. The SMILES string of the molecule is Nc1ccccc1NC(=O)CCCC(=O)NCc1ccc([C@H]2O[C@@H](CSc3nc(-c4ccccc4)c(-c4ccccc4)o3)C[C@@H](c3ccc(CO)cc3)O2)cc1. The number of carbonyl (C=O) groups excluding carboxylic acids is 2. The van der Waals surface area contributed by atoms with Gasteiger partial charge in [0.25, 0.3) is 5.22 Å². The summed E-state index contributed by atoms with van der Waals surface area (Å²) in [5.41, 5.74) is 13.3. The molecule has 56 heavy (non-hydrogen) atoms. The average Bonchev–Trinajstić information content (AvgIpc) is 3.68. The van der Waals surface area contributed by atoms with Crippen molar-refractivity contribution in [1.29, 1.82) is 0 Å². The number of amides is 2. The molecule has 10 nitrogen and oxygen atoms in total. The van der Waals surface area contributed by atoms with Gasteiger partial charge in [0.05, 0.1) is 30.2 Å². The lowest BCUT2D eigenvalue weighted by Gasteiger charge is -2.36. The summed E-state index contributed by atoms with van der Waals surface area (Å²) in [6, 6.07) is 42.7. The Balaban J connectivity index is 0.982. The van der Waals surface area contributed by atoms with Crippen molar-refractivity contribution in [3.8, 4) is 22.6 Å². The van der Waals surface area contributed by atoms with Gasteiger partial charge in [-0.3, -0.25) is 9.59 Å². The number of hydrogen-bond acceptors (Lipinski definition) is 9. The van der Waals surface area contributed by atoms with Crippen LogP contribution in [0.15, 0.2) is 143 Å². The summed E-state index contributed by atoms with van der Waals surface area (Å²) in [6.45, 7) is 0.320. The molecular formula is C45H44N4O6S. The lowest BCUT2D eigenvalue weighted by atomic mass is 10.0.